The van der Waals surface area contributed by atoms with Gasteiger partial charge in [0.25, 0.3) is 11.9 Å². The molecule has 22 heavy (non-hydrogen) atoms. The van der Waals surface area contributed by atoms with Gasteiger partial charge in [-0.3, -0.25) is 9.59 Å². The summed E-state index contributed by atoms with van der Waals surface area (Å²) in [5.74, 6) is -1.21. The van der Waals surface area contributed by atoms with Crippen LogP contribution in [0.4, 0.5) is 0 Å². The normalized spacial score (nSPS) is 10.4. The number of aliphatic carboxylic acids is 1. The topological polar surface area (TPSA) is 124 Å². The smallest absolute Gasteiger partial charge is 0.300 e. The van der Waals surface area contributed by atoms with E-state index in [4.69, 9.17) is 20.4 Å². The summed E-state index contributed by atoms with van der Waals surface area (Å²) >= 11 is 0. The Balaban J connectivity index is 0.000000980. The minimum Gasteiger partial charge on any atom is -0.496 e. The predicted octanol–water partition coefficient (Wildman–Crippen LogP) is 1.24. The molecule has 7 nitrogen and oxygen atoms in total. The van der Waals surface area contributed by atoms with Crippen molar-refractivity contribution in [2.75, 3.05) is 12.9 Å². The van der Waals surface area contributed by atoms with Crippen molar-refractivity contribution in [2.24, 2.45) is 5.73 Å². The van der Waals surface area contributed by atoms with Crippen LogP contribution in [0.5, 0.6) is 5.75 Å². The van der Waals surface area contributed by atoms with E-state index in [1.165, 1.54) is 19.2 Å². The maximum absolute atomic E-state index is 11.9. The van der Waals surface area contributed by atoms with E-state index in [2.05, 4.69) is 0 Å². The van der Waals surface area contributed by atoms with Crippen molar-refractivity contribution in [3.8, 4) is 5.75 Å². The van der Waals surface area contributed by atoms with E-state index in [-0.39, 0.29) is 16.2 Å². The Morgan fingerprint density at radius 2 is 1.77 bits per heavy atom. The second-order valence-electron chi connectivity index (χ2n) is 4.30. The van der Waals surface area contributed by atoms with Gasteiger partial charge in [0.1, 0.15) is 5.75 Å². The van der Waals surface area contributed by atoms with Gasteiger partial charge in [-0.2, -0.15) is 0 Å². The first-order chi connectivity index (χ1) is 10.1. The molecule has 0 saturated heterocycles. The molecule has 0 heterocycles. The zero-order valence-corrected chi connectivity index (χ0v) is 13.9. The van der Waals surface area contributed by atoms with Crippen LogP contribution in [-0.4, -0.2) is 38.3 Å². The van der Waals surface area contributed by atoms with Gasteiger partial charge in [0.05, 0.1) is 23.3 Å². The van der Waals surface area contributed by atoms with Gasteiger partial charge in [0, 0.05) is 6.92 Å². The van der Waals surface area contributed by atoms with Gasteiger partial charge in [-0.25, -0.2) is 8.42 Å². The Labute approximate surface area is 130 Å². The number of carbonyl (C=O) groups is 2. The van der Waals surface area contributed by atoms with E-state index in [9.17, 15) is 13.2 Å². The SMILES string of the molecule is CC(=O)O.CCc1cc(S(=O)(=O)CC)cc(C(N)=O)c1OC. The zero-order chi connectivity index (χ0) is 17.5. The van der Waals surface area contributed by atoms with Crippen molar-refractivity contribution in [3.63, 3.8) is 0 Å². The average Bonchev–Trinajstić information content (AvgIpc) is 2.44. The number of hydrogen-bond acceptors (Lipinski definition) is 5. The molecule has 0 saturated carbocycles. The minimum absolute atomic E-state index is 0.0271. The second kappa shape index (κ2) is 8.38. The van der Waals surface area contributed by atoms with Crippen molar-refractivity contribution in [1.82, 2.24) is 0 Å². The predicted molar refractivity (Wildman–Crippen MR) is 81.9 cm³/mol. The van der Waals surface area contributed by atoms with E-state index in [0.29, 0.717) is 17.7 Å². The lowest BCUT2D eigenvalue weighted by atomic mass is 10.1. The Bertz CT molecular complexity index is 648. The second-order valence-corrected chi connectivity index (χ2v) is 6.58. The number of rotatable bonds is 5. The molecule has 1 rings (SSSR count). The molecular weight excluding hydrogens is 310 g/mol. The lowest BCUT2D eigenvalue weighted by molar-refractivity contribution is -0.134. The largest absolute Gasteiger partial charge is 0.496 e. The van der Waals surface area contributed by atoms with Crippen LogP contribution in [0.15, 0.2) is 17.0 Å². The molecule has 0 aromatic heterocycles. The third kappa shape index (κ3) is 5.36. The molecular formula is C14H21NO6S. The fourth-order valence-electron chi connectivity index (χ4n) is 1.69. The third-order valence-electron chi connectivity index (χ3n) is 2.73. The monoisotopic (exact) mass is 331 g/mol. The number of carboxylic acids is 1. The Morgan fingerprint density at radius 1 is 1.27 bits per heavy atom. The Hall–Kier alpha value is -2.09. The van der Waals surface area contributed by atoms with Crippen LogP contribution in [0.1, 0.15) is 36.7 Å². The number of aryl methyl sites for hydroxylation is 1. The molecule has 0 aliphatic rings. The van der Waals surface area contributed by atoms with Gasteiger partial charge in [0.2, 0.25) is 0 Å². The van der Waals surface area contributed by atoms with Crippen LogP contribution in [0.2, 0.25) is 0 Å². The van der Waals surface area contributed by atoms with E-state index >= 15 is 0 Å². The van der Waals surface area contributed by atoms with Crippen LogP contribution < -0.4 is 10.5 Å². The molecule has 0 bridgehead atoms. The summed E-state index contributed by atoms with van der Waals surface area (Å²) in [4.78, 5) is 20.5. The van der Waals surface area contributed by atoms with Gasteiger partial charge >= 0.3 is 0 Å². The quantitative estimate of drug-likeness (QED) is 0.836. The highest BCUT2D eigenvalue weighted by Gasteiger charge is 2.20. The van der Waals surface area contributed by atoms with E-state index in [0.717, 1.165) is 6.92 Å². The first kappa shape index (κ1) is 19.9. The molecule has 0 fully saturated rings. The van der Waals surface area contributed by atoms with E-state index < -0.39 is 21.7 Å². The van der Waals surface area contributed by atoms with Crippen LogP contribution in [-0.2, 0) is 21.1 Å². The van der Waals surface area contributed by atoms with E-state index in [1.54, 1.807) is 6.92 Å². The number of sulfone groups is 1. The summed E-state index contributed by atoms with van der Waals surface area (Å²) in [6.07, 6.45) is 0.552. The standard InChI is InChI=1S/C12H17NO4S.C2H4O2/c1-4-8-6-9(18(15,16)5-2)7-10(12(13)14)11(8)17-3;1-2(3)4/h6-7H,4-5H2,1-3H3,(H2,13,14);1H3,(H,3,4). The first-order valence-electron chi connectivity index (χ1n) is 6.53. The van der Waals surface area contributed by atoms with E-state index in [1.807, 2.05) is 6.92 Å². The summed E-state index contributed by atoms with van der Waals surface area (Å²) in [6.45, 7) is 4.49. The average molecular weight is 331 g/mol. The number of benzene rings is 1. The number of hydrogen-bond donors (Lipinski definition) is 2. The van der Waals surface area contributed by atoms with Crippen molar-refractivity contribution < 1.29 is 27.9 Å². The molecule has 0 spiro atoms. The number of methoxy groups -OCH3 is 1. The van der Waals surface area contributed by atoms with Gasteiger partial charge < -0.3 is 15.6 Å². The Morgan fingerprint density at radius 3 is 2.09 bits per heavy atom. The maximum Gasteiger partial charge on any atom is 0.300 e. The first-order valence-corrected chi connectivity index (χ1v) is 8.18. The number of ether oxygens (including phenoxy) is 1. The third-order valence-corrected chi connectivity index (χ3v) is 4.44. The van der Waals surface area contributed by atoms with Crippen LogP contribution in [0.3, 0.4) is 0 Å². The molecule has 1 aromatic carbocycles. The number of carbonyl (C=O) groups excluding carboxylic acids is 1. The summed E-state index contributed by atoms with van der Waals surface area (Å²) in [7, 11) is -1.95. The molecule has 0 atom stereocenters. The molecule has 124 valence electrons. The minimum atomic E-state index is -3.38. The van der Waals surface area contributed by atoms with Crippen molar-refractivity contribution in [1.29, 1.82) is 0 Å². The Kier molecular flexibility index (Phi) is 7.58. The highest BCUT2D eigenvalue weighted by molar-refractivity contribution is 7.91. The highest BCUT2D eigenvalue weighted by atomic mass is 32.2. The molecule has 0 unspecified atom stereocenters. The van der Waals surface area contributed by atoms with Crippen molar-refractivity contribution >= 4 is 21.7 Å². The van der Waals surface area contributed by atoms with Gasteiger partial charge in [0.15, 0.2) is 9.84 Å². The molecule has 1 amide bonds. The zero-order valence-electron chi connectivity index (χ0n) is 13.0. The molecule has 8 heteroatoms. The highest BCUT2D eigenvalue weighted by Crippen LogP contribution is 2.28. The molecule has 0 aliphatic carbocycles. The fourth-order valence-corrected chi connectivity index (χ4v) is 2.65. The summed E-state index contributed by atoms with van der Waals surface area (Å²) in [5, 5.41) is 7.42. The van der Waals surface area contributed by atoms with Crippen molar-refractivity contribution in [3.05, 3.63) is 23.3 Å². The van der Waals surface area contributed by atoms with Gasteiger partial charge in [-0.1, -0.05) is 13.8 Å². The molecule has 1 aromatic rings. The van der Waals surface area contributed by atoms with Gasteiger partial charge in [-0.15, -0.1) is 0 Å². The lowest BCUT2D eigenvalue weighted by Gasteiger charge is -2.13. The number of primary amides is 1. The van der Waals surface area contributed by atoms with Crippen LogP contribution in [0, 0.1) is 0 Å². The molecule has 0 aliphatic heterocycles. The molecule has 0 radical (unpaired) electrons. The van der Waals surface area contributed by atoms with Crippen LogP contribution >= 0.6 is 0 Å². The fraction of sp³-hybridized carbons (Fsp3) is 0.429. The van der Waals surface area contributed by atoms with Gasteiger partial charge in [-0.05, 0) is 24.1 Å². The number of carboxylic acid groups (broad SMARTS) is 1. The molecule has 3 N–H and O–H groups in total. The lowest BCUT2D eigenvalue weighted by Crippen LogP contribution is -2.15. The van der Waals surface area contributed by atoms with Crippen LogP contribution in [0.25, 0.3) is 0 Å². The number of nitrogens with two attached hydrogens (primary N) is 1. The maximum atomic E-state index is 11.9. The van der Waals surface area contributed by atoms with Crippen molar-refractivity contribution in [2.45, 2.75) is 32.1 Å². The summed E-state index contributed by atoms with van der Waals surface area (Å²) in [5.41, 5.74) is 6.01. The number of amides is 1. The summed E-state index contributed by atoms with van der Waals surface area (Å²) < 4.78 is 28.8. The summed E-state index contributed by atoms with van der Waals surface area (Å²) in [6, 6.07) is 2.81.